The highest BCUT2D eigenvalue weighted by Crippen LogP contribution is 2.25. The highest BCUT2D eigenvalue weighted by atomic mass is 79.9. The molecule has 0 radical (unpaired) electrons. The van der Waals surface area contributed by atoms with Crippen LogP contribution >= 0.6 is 15.9 Å². The molecular formula is C15H17BrN2. The van der Waals surface area contributed by atoms with Gasteiger partial charge >= 0.3 is 0 Å². The zero-order valence-corrected chi connectivity index (χ0v) is 12.0. The monoisotopic (exact) mass is 304 g/mol. The Labute approximate surface area is 117 Å². The Kier molecular flexibility index (Phi) is 4.90. The molecule has 0 aliphatic carbocycles. The maximum atomic E-state index is 4.17. The summed E-state index contributed by atoms with van der Waals surface area (Å²) < 4.78 is 1.15. The van der Waals surface area contributed by atoms with E-state index in [-0.39, 0.29) is 0 Å². The van der Waals surface area contributed by atoms with Crippen molar-refractivity contribution in [3.8, 4) is 0 Å². The SMILES string of the molecule is CCNC(Cc1cccnc1)c1ccccc1Br. The summed E-state index contributed by atoms with van der Waals surface area (Å²) in [7, 11) is 0. The van der Waals surface area contributed by atoms with E-state index < -0.39 is 0 Å². The van der Waals surface area contributed by atoms with Crippen molar-refractivity contribution in [2.24, 2.45) is 0 Å². The predicted octanol–water partition coefficient (Wildman–Crippen LogP) is 3.74. The number of nitrogens with zero attached hydrogens (tertiary/aromatic N) is 1. The lowest BCUT2D eigenvalue weighted by Crippen LogP contribution is -2.23. The number of aromatic nitrogens is 1. The average molecular weight is 305 g/mol. The Balaban J connectivity index is 2.21. The number of halogens is 1. The summed E-state index contributed by atoms with van der Waals surface area (Å²) in [6.45, 7) is 3.08. The molecule has 0 aliphatic heterocycles. The molecule has 1 unspecified atom stereocenters. The molecule has 1 atom stereocenters. The molecule has 0 saturated carbocycles. The lowest BCUT2D eigenvalue weighted by molar-refractivity contribution is 0.547. The molecule has 1 aromatic heterocycles. The topological polar surface area (TPSA) is 24.9 Å². The van der Waals surface area contributed by atoms with E-state index in [9.17, 15) is 0 Å². The van der Waals surface area contributed by atoms with Gasteiger partial charge in [-0.3, -0.25) is 4.98 Å². The molecule has 1 aromatic carbocycles. The van der Waals surface area contributed by atoms with Crippen LogP contribution in [0.5, 0.6) is 0 Å². The summed E-state index contributed by atoms with van der Waals surface area (Å²) in [6.07, 6.45) is 4.69. The van der Waals surface area contributed by atoms with Crippen LogP contribution in [0.4, 0.5) is 0 Å². The number of hydrogen-bond acceptors (Lipinski definition) is 2. The number of likely N-dealkylation sites (N-methyl/N-ethyl adjacent to an activating group) is 1. The smallest absolute Gasteiger partial charge is 0.0372 e. The summed E-state index contributed by atoms with van der Waals surface area (Å²) in [4.78, 5) is 4.17. The van der Waals surface area contributed by atoms with Gasteiger partial charge in [0.15, 0.2) is 0 Å². The van der Waals surface area contributed by atoms with Gasteiger partial charge in [-0.2, -0.15) is 0 Å². The second kappa shape index (κ2) is 6.66. The molecule has 2 nitrogen and oxygen atoms in total. The first-order valence-corrected chi connectivity index (χ1v) is 6.97. The highest BCUT2D eigenvalue weighted by Gasteiger charge is 2.13. The van der Waals surface area contributed by atoms with Crippen LogP contribution in [0.25, 0.3) is 0 Å². The van der Waals surface area contributed by atoms with E-state index in [4.69, 9.17) is 0 Å². The third-order valence-corrected chi connectivity index (χ3v) is 3.62. The number of nitrogens with one attached hydrogen (secondary N) is 1. The summed E-state index contributed by atoms with van der Waals surface area (Å²) in [5.41, 5.74) is 2.54. The van der Waals surface area contributed by atoms with Crippen LogP contribution < -0.4 is 5.32 Å². The molecule has 0 amide bonds. The Bertz CT molecular complexity index is 485. The van der Waals surface area contributed by atoms with Crippen LogP contribution in [0.1, 0.15) is 24.1 Å². The van der Waals surface area contributed by atoms with E-state index in [0.717, 1.165) is 17.4 Å². The maximum Gasteiger partial charge on any atom is 0.0372 e. The minimum atomic E-state index is 0.315. The number of hydrogen-bond donors (Lipinski definition) is 1. The fourth-order valence-electron chi connectivity index (χ4n) is 2.05. The number of rotatable bonds is 5. The largest absolute Gasteiger partial charge is 0.310 e. The molecule has 1 N–H and O–H groups in total. The molecule has 0 saturated heterocycles. The van der Waals surface area contributed by atoms with E-state index in [1.807, 2.05) is 24.5 Å². The van der Waals surface area contributed by atoms with Crippen LogP contribution in [0, 0.1) is 0 Å². The Hall–Kier alpha value is -1.19. The van der Waals surface area contributed by atoms with Gasteiger partial charge in [-0.25, -0.2) is 0 Å². The van der Waals surface area contributed by atoms with Gasteiger partial charge in [0.1, 0.15) is 0 Å². The zero-order chi connectivity index (χ0) is 12.8. The molecule has 2 aromatic rings. The van der Waals surface area contributed by atoms with Gasteiger partial charge in [-0.05, 0) is 36.2 Å². The van der Waals surface area contributed by atoms with Crippen molar-refractivity contribution in [2.75, 3.05) is 6.54 Å². The van der Waals surface area contributed by atoms with Gasteiger partial charge in [0.2, 0.25) is 0 Å². The van der Waals surface area contributed by atoms with E-state index in [1.54, 1.807) is 0 Å². The van der Waals surface area contributed by atoms with Crippen molar-refractivity contribution >= 4 is 15.9 Å². The second-order valence-corrected chi connectivity index (χ2v) is 5.05. The van der Waals surface area contributed by atoms with Gasteiger partial charge in [0.05, 0.1) is 0 Å². The molecule has 2 rings (SSSR count). The fourth-order valence-corrected chi connectivity index (χ4v) is 2.61. The molecular weight excluding hydrogens is 288 g/mol. The van der Waals surface area contributed by atoms with Crippen LogP contribution in [-0.2, 0) is 6.42 Å². The molecule has 18 heavy (non-hydrogen) atoms. The second-order valence-electron chi connectivity index (χ2n) is 4.20. The molecule has 3 heteroatoms. The van der Waals surface area contributed by atoms with E-state index in [1.165, 1.54) is 11.1 Å². The average Bonchev–Trinajstić information content (AvgIpc) is 2.40. The van der Waals surface area contributed by atoms with E-state index in [2.05, 4.69) is 57.4 Å². The van der Waals surface area contributed by atoms with Gasteiger partial charge < -0.3 is 5.32 Å². The van der Waals surface area contributed by atoms with Crippen LogP contribution in [0.15, 0.2) is 53.3 Å². The quantitative estimate of drug-likeness (QED) is 0.910. The van der Waals surface area contributed by atoms with Crippen molar-refractivity contribution in [1.29, 1.82) is 0 Å². The van der Waals surface area contributed by atoms with Crippen molar-refractivity contribution < 1.29 is 0 Å². The molecule has 94 valence electrons. The molecule has 0 fully saturated rings. The van der Waals surface area contributed by atoms with Crippen molar-refractivity contribution in [3.05, 3.63) is 64.4 Å². The molecule has 0 aliphatic rings. The van der Waals surface area contributed by atoms with Crippen LogP contribution in [0.2, 0.25) is 0 Å². The standard InChI is InChI=1S/C15H17BrN2/c1-2-18-15(10-12-6-5-9-17-11-12)13-7-3-4-8-14(13)16/h3-9,11,15,18H,2,10H2,1H3. The predicted molar refractivity (Wildman–Crippen MR) is 78.5 cm³/mol. The summed E-state index contributed by atoms with van der Waals surface area (Å²) in [5.74, 6) is 0. The highest BCUT2D eigenvalue weighted by molar-refractivity contribution is 9.10. The first kappa shape index (κ1) is 13.2. The van der Waals surface area contributed by atoms with Crippen molar-refractivity contribution in [2.45, 2.75) is 19.4 Å². The van der Waals surface area contributed by atoms with Gasteiger partial charge in [0.25, 0.3) is 0 Å². The minimum Gasteiger partial charge on any atom is -0.310 e. The fraction of sp³-hybridized carbons (Fsp3) is 0.267. The molecule has 0 bridgehead atoms. The minimum absolute atomic E-state index is 0.315. The van der Waals surface area contributed by atoms with Crippen molar-refractivity contribution in [3.63, 3.8) is 0 Å². The lowest BCUT2D eigenvalue weighted by Gasteiger charge is -2.19. The number of pyridine rings is 1. The molecule has 0 spiro atoms. The Morgan fingerprint density at radius 1 is 1.22 bits per heavy atom. The summed E-state index contributed by atoms with van der Waals surface area (Å²) in [6, 6.07) is 12.8. The third kappa shape index (κ3) is 3.40. The van der Waals surface area contributed by atoms with Crippen LogP contribution in [-0.4, -0.2) is 11.5 Å². The maximum absolute atomic E-state index is 4.17. The third-order valence-electron chi connectivity index (χ3n) is 2.89. The van der Waals surface area contributed by atoms with Crippen molar-refractivity contribution in [1.82, 2.24) is 10.3 Å². The van der Waals surface area contributed by atoms with E-state index in [0.29, 0.717) is 6.04 Å². The molecule has 1 heterocycles. The van der Waals surface area contributed by atoms with E-state index >= 15 is 0 Å². The summed E-state index contributed by atoms with van der Waals surface area (Å²) >= 11 is 3.62. The number of benzene rings is 1. The first-order chi connectivity index (χ1) is 8.81. The van der Waals surface area contributed by atoms with Gasteiger partial charge in [-0.1, -0.05) is 47.1 Å². The zero-order valence-electron chi connectivity index (χ0n) is 10.4. The first-order valence-electron chi connectivity index (χ1n) is 6.18. The normalized spacial score (nSPS) is 12.3. The van der Waals surface area contributed by atoms with Gasteiger partial charge in [-0.15, -0.1) is 0 Å². The lowest BCUT2D eigenvalue weighted by atomic mass is 10.00. The Morgan fingerprint density at radius 2 is 2.06 bits per heavy atom. The Morgan fingerprint density at radius 3 is 2.72 bits per heavy atom. The van der Waals surface area contributed by atoms with Crippen LogP contribution in [0.3, 0.4) is 0 Å². The van der Waals surface area contributed by atoms with Gasteiger partial charge in [0, 0.05) is 22.9 Å². The summed E-state index contributed by atoms with van der Waals surface area (Å²) in [5, 5.41) is 3.53.